The van der Waals surface area contributed by atoms with E-state index < -0.39 is 0 Å². The zero-order valence-electron chi connectivity index (χ0n) is 13.2. The summed E-state index contributed by atoms with van der Waals surface area (Å²) >= 11 is 0. The predicted octanol–water partition coefficient (Wildman–Crippen LogP) is 2.81. The average Bonchev–Trinajstić information content (AvgIpc) is 2.59. The molecular formula is C19H22N2O2. The molecule has 0 aromatic heterocycles. The van der Waals surface area contributed by atoms with E-state index in [1.165, 1.54) is 5.56 Å². The number of fused-ring (bicyclic) bond motifs is 1. The SMILES string of the molecule is Nc1cccc2c1CCCN2C(=O)COCCc1ccccc1. The fourth-order valence-corrected chi connectivity index (χ4v) is 2.98. The van der Waals surface area contributed by atoms with Gasteiger partial charge in [0.05, 0.1) is 6.61 Å². The van der Waals surface area contributed by atoms with E-state index in [2.05, 4.69) is 12.1 Å². The minimum Gasteiger partial charge on any atom is -0.398 e. The summed E-state index contributed by atoms with van der Waals surface area (Å²) in [5.74, 6) is 0.00427. The molecule has 1 amide bonds. The Kier molecular flexibility index (Phi) is 4.93. The van der Waals surface area contributed by atoms with E-state index in [-0.39, 0.29) is 12.5 Å². The summed E-state index contributed by atoms with van der Waals surface area (Å²) in [6.45, 7) is 1.39. The zero-order valence-corrected chi connectivity index (χ0v) is 13.2. The van der Waals surface area contributed by atoms with Crippen LogP contribution in [0.15, 0.2) is 48.5 Å². The summed E-state index contributed by atoms with van der Waals surface area (Å²) in [7, 11) is 0. The lowest BCUT2D eigenvalue weighted by molar-refractivity contribution is -0.123. The summed E-state index contributed by atoms with van der Waals surface area (Å²) in [6.07, 6.45) is 2.69. The number of nitrogens with zero attached hydrogens (tertiary/aromatic N) is 1. The molecule has 2 aromatic rings. The van der Waals surface area contributed by atoms with Gasteiger partial charge in [-0.3, -0.25) is 4.79 Å². The van der Waals surface area contributed by atoms with Crippen LogP contribution in [0.1, 0.15) is 17.5 Å². The minimum atomic E-state index is 0.00427. The maximum Gasteiger partial charge on any atom is 0.252 e. The molecule has 4 nitrogen and oxygen atoms in total. The van der Waals surface area contributed by atoms with E-state index in [4.69, 9.17) is 10.5 Å². The van der Waals surface area contributed by atoms with Gasteiger partial charge >= 0.3 is 0 Å². The third-order valence-electron chi connectivity index (χ3n) is 4.19. The van der Waals surface area contributed by atoms with Gasteiger partial charge in [-0.2, -0.15) is 0 Å². The molecule has 0 fully saturated rings. The number of benzene rings is 2. The highest BCUT2D eigenvalue weighted by Gasteiger charge is 2.23. The van der Waals surface area contributed by atoms with Crippen LogP contribution >= 0.6 is 0 Å². The summed E-state index contributed by atoms with van der Waals surface area (Å²) in [5.41, 5.74) is 10.0. The van der Waals surface area contributed by atoms with Gasteiger partial charge in [-0.05, 0) is 42.5 Å². The van der Waals surface area contributed by atoms with E-state index in [9.17, 15) is 4.79 Å². The first kappa shape index (κ1) is 15.6. The molecule has 0 bridgehead atoms. The van der Waals surface area contributed by atoms with Gasteiger partial charge in [-0.1, -0.05) is 36.4 Å². The third-order valence-corrected chi connectivity index (χ3v) is 4.19. The van der Waals surface area contributed by atoms with E-state index >= 15 is 0 Å². The molecule has 23 heavy (non-hydrogen) atoms. The average molecular weight is 310 g/mol. The number of carbonyl (C=O) groups is 1. The Balaban J connectivity index is 1.54. The molecule has 0 radical (unpaired) electrons. The van der Waals surface area contributed by atoms with Gasteiger partial charge in [0, 0.05) is 17.9 Å². The van der Waals surface area contributed by atoms with Gasteiger partial charge in [-0.15, -0.1) is 0 Å². The molecule has 3 rings (SSSR count). The molecular weight excluding hydrogens is 288 g/mol. The molecule has 0 saturated heterocycles. The molecule has 0 atom stereocenters. The number of hydrogen-bond acceptors (Lipinski definition) is 3. The van der Waals surface area contributed by atoms with E-state index in [1.54, 1.807) is 4.90 Å². The van der Waals surface area contributed by atoms with Crippen LogP contribution in [0.25, 0.3) is 0 Å². The highest BCUT2D eigenvalue weighted by molar-refractivity contribution is 5.96. The van der Waals surface area contributed by atoms with Gasteiger partial charge in [0.2, 0.25) is 0 Å². The number of carbonyl (C=O) groups excluding carboxylic acids is 1. The van der Waals surface area contributed by atoms with Gasteiger partial charge in [0.25, 0.3) is 5.91 Å². The van der Waals surface area contributed by atoms with Crippen molar-refractivity contribution in [3.05, 3.63) is 59.7 Å². The highest BCUT2D eigenvalue weighted by Crippen LogP contribution is 2.31. The summed E-state index contributed by atoms with van der Waals surface area (Å²) in [4.78, 5) is 14.2. The fourth-order valence-electron chi connectivity index (χ4n) is 2.98. The lowest BCUT2D eigenvalue weighted by atomic mass is 10.00. The minimum absolute atomic E-state index is 0.00427. The number of amides is 1. The largest absolute Gasteiger partial charge is 0.398 e. The Hall–Kier alpha value is -2.33. The van der Waals surface area contributed by atoms with Crippen molar-refractivity contribution in [3.63, 3.8) is 0 Å². The quantitative estimate of drug-likeness (QED) is 0.682. The van der Waals surface area contributed by atoms with Crippen LogP contribution in [-0.2, 0) is 22.4 Å². The molecule has 0 spiro atoms. The number of hydrogen-bond donors (Lipinski definition) is 1. The first-order chi connectivity index (χ1) is 11.3. The lowest BCUT2D eigenvalue weighted by Gasteiger charge is -2.30. The molecule has 0 aliphatic carbocycles. The molecule has 1 heterocycles. The number of nitrogen functional groups attached to an aromatic ring is 1. The summed E-state index contributed by atoms with van der Waals surface area (Å²) in [5, 5.41) is 0. The molecule has 4 heteroatoms. The summed E-state index contributed by atoms with van der Waals surface area (Å²) < 4.78 is 5.58. The van der Waals surface area contributed by atoms with Gasteiger partial charge in [0.1, 0.15) is 6.61 Å². The van der Waals surface area contributed by atoms with Gasteiger partial charge in [0.15, 0.2) is 0 Å². The van der Waals surface area contributed by atoms with Crippen molar-refractivity contribution in [2.45, 2.75) is 19.3 Å². The van der Waals surface area contributed by atoms with Crippen LogP contribution in [0.2, 0.25) is 0 Å². The maximum atomic E-state index is 12.4. The Morgan fingerprint density at radius 2 is 1.96 bits per heavy atom. The van der Waals surface area contributed by atoms with Crippen molar-refractivity contribution in [2.24, 2.45) is 0 Å². The second-order valence-electron chi connectivity index (χ2n) is 5.78. The molecule has 2 aromatic carbocycles. The van der Waals surface area contributed by atoms with Crippen molar-refractivity contribution >= 4 is 17.3 Å². The topological polar surface area (TPSA) is 55.6 Å². The number of ether oxygens (including phenoxy) is 1. The number of rotatable bonds is 5. The molecule has 120 valence electrons. The van der Waals surface area contributed by atoms with E-state index in [0.717, 1.165) is 42.7 Å². The smallest absolute Gasteiger partial charge is 0.252 e. The Bertz CT molecular complexity index is 670. The third kappa shape index (κ3) is 3.71. The second kappa shape index (κ2) is 7.29. The lowest BCUT2D eigenvalue weighted by Crippen LogP contribution is -2.38. The van der Waals surface area contributed by atoms with Gasteiger partial charge < -0.3 is 15.4 Å². The van der Waals surface area contributed by atoms with Crippen molar-refractivity contribution in [1.82, 2.24) is 0 Å². The molecule has 2 N–H and O–H groups in total. The van der Waals surface area contributed by atoms with Crippen LogP contribution in [-0.4, -0.2) is 25.7 Å². The van der Waals surface area contributed by atoms with Crippen molar-refractivity contribution in [2.75, 3.05) is 30.4 Å². The normalized spacial score (nSPS) is 13.7. The molecule has 0 saturated carbocycles. The summed E-state index contributed by atoms with van der Waals surface area (Å²) in [6, 6.07) is 15.9. The molecule has 0 unspecified atom stereocenters. The number of anilines is 2. The molecule has 1 aliphatic heterocycles. The van der Waals surface area contributed by atoms with E-state index in [0.29, 0.717) is 6.61 Å². The highest BCUT2D eigenvalue weighted by atomic mass is 16.5. The fraction of sp³-hybridized carbons (Fsp3) is 0.316. The second-order valence-corrected chi connectivity index (χ2v) is 5.78. The number of nitrogens with two attached hydrogens (primary N) is 1. The first-order valence-corrected chi connectivity index (χ1v) is 8.05. The van der Waals surface area contributed by atoms with Gasteiger partial charge in [-0.25, -0.2) is 0 Å². The monoisotopic (exact) mass is 310 g/mol. The standard InChI is InChI=1S/C19H22N2O2/c20-17-9-4-10-18-16(17)8-5-12-21(18)19(22)14-23-13-11-15-6-2-1-3-7-15/h1-4,6-7,9-10H,5,8,11-14,20H2. The van der Waals surface area contributed by atoms with Crippen LogP contribution in [0.3, 0.4) is 0 Å². The van der Waals surface area contributed by atoms with Crippen LogP contribution in [0.4, 0.5) is 11.4 Å². The van der Waals surface area contributed by atoms with Crippen molar-refractivity contribution in [1.29, 1.82) is 0 Å². The molecule has 1 aliphatic rings. The van der Waals surface area contributed by atoms with Crippen LogP contribution < -0.4 is 10.6 Å². The maximum absolute atomic E-state index is 12.4. The Morgan fingerprint density at radius 1 is 1.13 bits per heavy atom. The Labute approximate surface area is 136 Å². The zero-order chi connectivity index (χ0) is 16.1. The van der Waals surface area contributed by atoms with Crippen LogP contribution in [0.5, 0.6) is 0 Å². The van der Waals surface area contributed by atoms with Crippen LogP contribution in [0, 0.1) is 0 Å². The predicted molar refractivity (Wildman–Crippen MR) is 92.5 cm³/mol. The Morgan fingerprint density at radius 3 is 2.78 bits per heavy atom. The van der Waals surface area contributed by atoms with Crippen molar-refractivity contribution in [3.8, 4) is 0 Å². The van der Waals surface area contributed by atoms with Crippen molar-refractivity contribution < 1.29 is 9.53 Å². The first-order valence-electron chi connectivity index (χ1n) is 8.05. The van der Waals surface area contributed by atoms with E-state index in [1.807, 2.05) is 36.4 Å².